The quantitative estimate of drug-likeness (QED) is 0.574. The van der Waals surface area contributed by atoms with E-state index in [4.69, 9.17) is 0 Å². The molecule has 1 aliphatic rings. The van der Waals surface area contributed by atoms with Gasteiger partial charge in [0.2, 0.25) is 15.9 Å². The van der Waals surface area contributed by atoms with Gasteiger partial charge < -0.3 is 9.88 Å². The number of sulfonamides is 1. The summed E-state index contributed by atoms with van der Waals surface area (Å²) in [5.74, 6) is 1.50. The number of benzene rings is 1. The SMILES string of the molecule is Cc1ccc(S(=O)(=O)N[C@H](C(=O)NCCCc2nnc3n2CCCC3)C(C)C)cc1C. The molecule has 1 aliphatic heterocycles. The molecular weight excluding hydrogens is 414 g/mol. The zero-order valence-corrected chi connectivity index (χ0v) is 19.6. The second kappa shape index (κ2) is 9.91. The lowest BCUT2D eigenvalue weighted by molar-refractivity contribution is -0.123. The van der Waals surface area contributed by atoms with Crippen LogP contribution in [0.15, 0.2) is 23.1 Å². The van der Waals surface area contributed by atoms with E-state index in [0.717, 1.165) is 61.4 Å². The Morgan fingerprint density at radius 1 is 1.16 bits per heavy atom. The first-order valence-electron chi connectivity index (χ1n) is 11.0. The van der Waals surface area contributed by atoms with Crippen LogP contribution < -0.4 is 10.0 Å². The van der Waals surface area contributed by atoms with Crippen molar-refractivity contribution in [1.29, 1.82) is 0 Å². The standard InChI is InChI=1S/C22H33N5O3S/c1-15(2)21(26-31(29,30)18-11-10-16(3)17(4)14-18)22(28)23-12-7-9-20-25-24-19-8-5-6-13-27(19)20/h10-11,14-15,21,26H,5-9,12-13H2,1-4H3,(H,23,28)/t21-/m0/s1. The van der Waals surface area contributed by atoms with E-state index in [2.05, 4.69) is 24.8 Å². The van der Waals surface area contributed by atoms with Crippen molar-refractivity contribution in [1.82, 2.24) is 24.8 Å². The fourth-order valence-corrected chi connectivity index (χ4v) is 5.16. The van der Waals surface area contributed by atoms with Gasteiger partial charge in [0.25, 0.3) is 0 Å². The van der Waals surface area contributed by atoms with Crippen molar-refractivity contribution in [2.45, 2.75) is 77.3 Å². The molecule has 2 heterocycles. The van der Waals surface area contributed by atoms with Crippen molar-refractivity contribution in [3.8, 4) is 0 Å². The number of nitrogens with one attached hydrogen (secondary N) is 2. The zero-order valence-electron chi connectivity index (χ0n) is 18.8. The number of rotatable bonds is 9. The molecule has 0 aliphatic carbocycles. The Morgan fingerprint density at radius 3 is 2.65 bits per heavy atom. The Bertz CT molecular complexity index is 1030. The molecule has 1 atom stereocenters. The first-order valence-corrected chi connectivity index (χ1v) is 12.5. The first kappa shape index (κ1) is 23.4. The Labute approximate surface area is 184 Å². The predicted molar refractivity (Wildman–Crippen MR) is 119 cm³/mol. The number of aryl methyl sites for hydroxylation is 4. The number of aromatic nitrogens is 3. The van der Waals surface area contributed by atoms with E-state index >= 15 is 0 Å². The second-order valence-electron chi connectivity index (χ2n) is 8.62. The van der Waals surface area contributed by atoms with E-state index in [1.165, 1.54) is 0 Å². The Balaban J connectivity index is 1.56. The Morgan fingerprint density at radius 2 is 1.94 bits per heavy atom. The van der Waals surface area contributed by atoms with Crippen LogP contribution in [0, 0.1) is 19.8 Å². The lowest BCUT2D eigenvalue weighted by atomic mass is 10.1. The Kier molecular flexibility index (Phi) is 7.48. The third kappa shape index (κ3) is 5.71. The third-order valence-electron chi connectivity index (χ3n) is 5.83. The van der Waals surface area contributed by atoms with Gasteiger partial charge in [-0.25, -0.2) is 8.42 Å². The average Bonchev–Trinajstić information content (AvgIpc) is 3.14. The number of fused-ring (bicyclic) bond motifs is 1. The van der Waals surface area contributed by atoms with E-state index in [-0.39, 0.29) is 16.7 Å². The molecule has 0 spiro atoms. The zero-order chi connectivity index (χ0) is 22.6. The summed E-state index contributed by atoms with van der Waals surface area (Å²) in [6.07, 6.45) is 4.72. The molecule has 3 rings (SSSR count). The highest BCUT2D eigenvalue weighted by Gasteiger charge is 2.28. The van der Waals surface area contributed by atoms with Gasteiger partial charge in [0.15, 0.2) is 0 Å². The van der Waals surface area contributed by atoms with Crippen LogP contribution in [-0.2, 0) is 34.2 Å². The van der Waals surface area contributed by atoms with Crippen molar-refractivity contribution >= 4 is 15.9 Å². The maximum Gasteiger partial charge on any atom is 0.241 e. The maximum absolute atomic E-state index is 12.8. The second-order valence-corrected chi connectivity index (χ2v) is 10.3. The molecule has 9 heteroatoms. The largest absolute Gasteiger partial charge is 0.355 e. The minimum absolute atomic E-state index is 0.172. The lowest BCUT2D eigenvalue weighted by Gasteiger charge is -2.22. The van der Waals surface area contributed by atoms with E-state index in [1.54, 1.807) is 18.2 Å². The van der Waals surface area contributed by atoms with E-state index in [9.17, 15) is 13.2 Å². The molecule has 0 saturated heterocycles. The normalized spacial score (nSPS) is 15.0. The molecule has 2 N–H and O–H groups in total. The van der Waals surface area contributed by atoms with Crippen LogP contribution in [0.4, 0.5) is 0 Å². The van der Waals surface area contributed by atoms with Crippen LogP contribution in [0.3, 0.4) is 0 Å². The summed E-state index contributed by atoms with van der Waals surface area (Å²) in [5.41, 5.74) is 1.91. The highest BCUT2D eigenvalue weighted by atomic mass is 32.2. The molecule has 0 radical (unpaired) electrons. The summed E-state index contributed by atoms with van der Waals surface area (Å²) in [6.45, 7) is 8.87. The third-order valence-corrected chi connectivity index (χ3v) is 7.27. The first-order chi connectivity index (χ1) is 14.7. The highest BCUT2D eigenvalue weighted by molar-refractivity contribution is 7.89. The summed E-state index contributed by atoms with van der Waals surface area (Å²) < 4.78 is 30.4. The van der Waals surface area contributed by atoms with Crippen LogP contribution in [0.2, 0.25) is 0 Å². The van der Waals surface area contributed by atoms with Gasteiger partial charge in [0.1, 0.15) is 17.7 Å². The summed E-state index contributed by atoms with van der Waals surface area (Å²) in [6, 6.07) is 4.13. The van der Waals surface area contributed by atoms with Crippen molar-refractivity contribution in [3.63, 3.8) is 0 Å². The van der Waals surface area contributed by atoms with E-state index < -0.39 is 16.1 Å². The molecule has 1 aromatic heterocycles. The topological polar surface area (TPSA) is 106 Å². The van der Waals surface area contributed by atoms with Crippen LogP contribution in [0.25, 0.3) is 0 Å². The molecule has 0 bridgehead atoms. The van der Waals surface area contributed by atoms with Crippen LogP contribution >= 0.6 is 0 Å². The van der Waals surface area contributed by atoms with Gasteiger partial charge in [0, 0.05) is 25.9 Å². The molecule has 170 valence electrons. The molecule has 1 aromatic carbocycles. The van der Waals surface area contributed by atoms with Gasteiger partial charge in [-0.05, 0) is 62.3 Å². The number of hydrogen-bond acceptors (Lipinski definition) is 5. The minimum Gasteiger partial charge on any atom is -0.355 e. The summed E-state index contributed by atoms with van der Waals surface area (Å²) >= 11 is 0. The van der Waals surface area contributed by atoms with Crippen molar-refractivity contribution < 1.29 is 13.2 Å². The number of carbonyl (C=O) groups is 1. The number of hydrogen-bond donors (Lipinski definition) is 2. The van der Waals surface area contributed by atoms with Crippen molar-refractivity contribution in [2.24, 2.45) is 5.92 Å². The minimum atomic E-state index is -3.80. The molecule has 31 heavy (non-hydrogen) atoms. The van der Waals surface area contributed by atoms with Gasteiger partial charge in [-0.15, -0.1) is 10.2 Å². The number of amides is 1. The van der Waals surface area contributed by atoms with E-state index in [0.29, 0.717) is 6.54 Å². The maximum atomic E-state index is 12.8. The van der Waals surface area contributed by atoms with Crippen LogP contribution in [0.5, 0.6) is 0 Å². The summed E-state index contributed by atoms with van der Waals surface area (Å²) in [5, 5.41) is 11.4. The summed E-state index contributed by atoms with van der Waals surface area (Å²) in [7, 11) is -3.80. The van der Waals surface area contributed by atoms with Gasteiger partial charge >= 0.3 is 0 Å². The van der Waals surface area contributed by atoms with Gasteiger partial charge in [-0.3, -0.25) is 4.79 Å². The van der Waals surface area contributed by atoms with E-state index in [1.807, 2.05) is 27.7 Å². The van der Waals surface area contributed by atoms with Gasteiger partial charge in [-0.2, -0.15) is 4.72 Å². The van der Waals surface area contributed by atoms with Crippen molar-refractivity contribution in [2.75, 3.05) is 6.54 Å². The number of nitrogens with zero attached hydrogens (tertiary/aromatic N) is 3. The molecule has 0 saturated carbocycles. The lowest BCUT2D eigenvalue weighted by Crippen LogP contribution is -2.49. The Hall–Kier alpha value is -2.26. The molecule has 8 nitrogen and oxygen atoms in total. The number of carbonyl (C=O) groups excluding carboxylic acids is 1. The summed E-state index contributed by atoms with van der Waals surface area (Å²) in [4.78, 5) is 12.9. The predicted octanol–water partition coefficient (Wildman–Crippen LogP) is 2.28. The smallest absolute Gasteiger partial charge is 0.241 e. The van der Waals surface area contributed by atoms with Crippen LogP contribution in [0.1, 0.15) is 55.9 Å². The van der Waals surface area contributed by atoms with Gasteiger partial charge in [-0.1, -0.05) is 19.9 Å². The van der Waals surface area contributed by atoms with Crippen LogP contribution in [-0.4, -0.2) is 41.7 Å². The fourth-order valence-electron chi connectivity index (χ4n) is 3.73. The monoisotopic (exact) mass is 447 g/mol. The molecule has 2 aromatic rings. The molecule has 0 fully saturated rings. The molecule has 0 unspecified atom stereocenters. The molecule has 1 amide bonds. The highest BCUT2D eigenvalue weighted by Crippen LogP contribution is 2.17. The van der Waals surface area contributed by atoms with Gasteiger partial charge in [0.05, 0.1) is 4.90 Å². The average molecular weight is 448 g/mol. The fraction of sp³-hybridized carbons (Fsp3) is 0.591. The molecular formula is C22H33N5O3S. The van der Waals surface area contributed by atoms with Crippen molar-refractivity contribution in [3.05, 3.63) is 41.0 Å².